The molecule has 0 aliphatic rings. The molecule has 0 aliphatic heterocycles. The van der Waals surface area contributed by atoms with Gasteiger partial charge in [-0.3, -0.25) is 14.6 Å². The van der Waals surface area contributed by atoms with Crippen LogP contribution in [0.5, 0.6) is 0 Å². The Labute approximate surface area is 347 Å². The maximum Gasteiger partial charge on any atom is 0.225 e. The van der Waals surface area contributed by atoms with E-state index >= 15 is 0 Å². The third-order valence-corrected chi connectivity index (χ3v) is 11.3. The second-order valence-corrected chi connectivity index (χ2v) is 15.8. The number of nitrogens with zero attached hydrogens (tertiary/aromatic N) is 6. The van der Waals surface area contributed by atoms with E-state index < -0.39 is 0 Å². The van der Waals surface area contributed by atoms with Gasteiger partial charge in [0.1, 0.15) is 17.2 Å². The fourth-order valence-electron chi connectivity index (χ4n) is 5.81. The Kier molecular flexibility index (Phi) is 11.6. The van der Waals surface area contributed by atoms with E-state index in [1.54, 1.807) is 47.9 Å². The van der Waals surface area contributed by atoms with Crippen molar-refractivity contribution >= 4 is 64.2 Å². The topological polar surface area (TPSA) is 108 Å². The molecule has 9 nitrogen and oxygen atoms in total. The molecule has 0 radical (unpaired) electrons. The maximum atomic E-state index is 13.2. The molecule has 0 unspecified atom stereocenters. The maximum absolute atomic E-state index is 13.2. The van der Waals surface area contributed by atoms with Crippen LogP contribution in [0.3, 0.4) is 0 Å². The monoisotopic (exact) mass is 823 g/mol. The lowest BCUT2D eigenvalue weighted by molar-refractivity contribution is -0.116. The van der Waals surface area contributed by atoms with Crippen molar-refractivity contribution in [3.63, 3.8) is 0 Å². The summed E-state index contributed by atoms with van der Waals surface area (Å²) in [6.07, 6.45) is 7.15. The summed E-state index contributed by atoms with van der Waals surface area (Å²) in [7, 11) is 0. The Morgan fingerprint density at radius 3 is 1.67 bits per heavy atom. The first kappa shape index (κ1) is 37.9. The minimum Gasteiger partial charge on any atom is -0.311 e. The highest BCUT2D eigenvalue weighted by Gasteiger charge is 2.18. The number of Topliss-reactive ketones (excluding diaryl/α,β-unsaturated/α-hetero) is 1. The number of hydrogen-bond donors (Lipinski definition) is 1. The second kappa shape index (κ2) is 17.4. The predicted molar refractivity (Wildman–Crippen MR) is 227 cm³/mol. The molecule has 0 fully saturated rings. The van der Waals surface area contributed by atoms with Crippen molar-refractivity contribution in [2.45, 2.75) is 32.4 Å². The Bertz CT molecular complexity index is 2640. The van der Waals surface area contributed by atoms with Crippen LogP contribution in [0.25, 0.3) is 34.0 Å². The zero-order chi connectivity index (χ0) is 39.1. The molecule has 0 bridgehead atoms. The molecule has 8 aromatic rings. The number of halogens is 2. The third-order valence-electron chi connectivity index (χ3n) is 8.70. The van der Waals surface area contributed by atoms with Gasteiger partial charge >= 0.3 is 0 Å². The van der Waals surface area contributed by atoms with E-state index in [2.05, 4.69) is 15.3 Å². The number of pyridine rings is 2. The molecule has 1 N–H and O–H groups in total. The molecule has 4 heterocycles. The van der Waals surface area contributed by atoms with Gasteiger partial charge in [0.05, 0.1) is 26.9 Å². The number of nitrogens with one attached hydrogen (secondary N) is 1. The molecule has 280 valence electrons. The van der Waals surface area contributed by atoms with Crippen molar-refractivity contribution in [3.05, 3.63) is 174 Å². The van der Waals surface area contributed by atoms with Crippen LogP contribution in [0.15, 0.2) is 178 Å². The van der Waals surface area contributed by atoms with Gasteiger partial charge in [0.2, 0.25) is 5.91 Å². The van der Waals surface area contributed by atoms with Crippen molar-refractivity contribution in [2.75, 3.05) is 5.32 Å². The molecular formula is C44H31Cl2N7O2S2. The van der Waals surface area contributed by atoms with Crippen molar-refractivity contribution in [3.8, 4) is 34.0 Å². The summed E-state index contributed by atoms with van der Waals surface area (Å²) in [5.41, 5.74) is 5.07. The lowest BCUT2D eigenvalue weighted by Gasteiger charge is -2.07. The molecule has 0 spiro atoms. The van der Waals surface area contributed by atoms with Gasteiger partial charge in [-0.05, 0) is 97.1 Å². The summed E-state index contributed by atoms with van der Waals surface area (Å²) >= 11 is 15.4. The average molecular weight is 825 g/mol. The smallest absolute Gasteiger partial charge is 0.225 e. The lowest BCUT2D eigenvalue weighted by Crippen LogP contribution is -2.14. The number of carbonyl (C=O) groups is 2. The van der Waals surface area contributed by atoms with Gasteiger partial charge in [0.15, 0.2) is 5.78 Å². The minimum atomic E-state index is -0.323. The van der Waals surface area contributed by atoms with Crippen molar-refractivity contribution in [1.82, 2.24) is 29.5 Å². The fourth-order valence-corrected chi connectivity index (χ4v) is 7.92. The molecule has 1 amide bonds. The van der Waals surface area contributed by atoms with Crippen LogP contribution in [0, 0.1) is 0 Å². The van der Waals surface area contributed by atoms with Gasteiger partial charge < -0.3 is 5.32 Å². The Balaban J connectivity index is 0.918. The highest BCUT2D eigenvalue weighted by atomic mass is 35.5. The molecule has 4 aromatic carbocycles. The number of hydrogen-bond acceptors (Lipinski definition) is 8. The zero-order valence-electron chi connectivity index (χ0n) is 30.0. The summed E-state index contributed by atoms with van der Waals surface area (Å²) in [6.45, 7) is 0. The van der Waals surface area contributed by atoms with Crippen LogP contribution < -0.4 is 5.32 Å². The number of anilines is 1. The van der Waals surface area contributed by atoms with Gasteiger partial charge in [0.25, 0.3) is 0 Å². The predicted octanol–water partition coefficient (Wildman–Crippen LogP) is 11.4. The van der Waals surface area contributed by atoms with Crippen molar-refractivity contribution < 1.29 is 9.59 Å². The first-order chi connectivity index (χ1) is 27.8. The van der Waals surface area contributed by atoms with Crippen LogP contribution in [0.1, 0.15) is 23.2 Å². The van der Waals surface area contributed by atoms with Crippen LogP contribution in [-0.4, -0.2) is 41.2 Å². The standard InChI is InChI=1S/C44H31Cl2N7O2S2/c45-31-13-17-35(18-14-31)56-39-27-52(33-7-3-1-4-8-33)50-43(39)30-12-23-41(48-26-30)49-42(55)24-22-38(54)29-11-21-37(47-25-29)44-40(57-36-19-15-32(46)16-20-36)28-53(51-44)34-9-5-2-6-10-34/h1-21,23,25-28H,22,24H2,(H,48,49,55). The van der Waals surface area contributed by atoms with Gasteiger partial charge in [-0.15, -0.1) is 0 Å². The van der Waals surface area contributed by atoms with E-state index in [1.807, 2.05) is 137 Å². The Morgan fingerprint density at radius 2 is 1.14 bits per heavy atom. The number of ketones is 1. The fraction of sp³-hybridized carbons (Fsp3) is 0.0455. The highest BCUT2D eigenvalue weighted by molar-refractivity contribution is 7.99. The first-order valence-electron chi connectivity index (χ1n) is 17.8. The number of rotatable bonds is 13. The van der Waals surface area contributed by atoms with E-state index in [0.717, 1.165) is 42.2 Å². The molecule has 8 rings (SSSR count). The first-order valence-corrected chi connectivity index (χ1v) is 20.2. The summed E-state index contributed by atoms with van der Waals surface area (Å²) < 4.78 is 3.65. The van der Waals surface area contributed by atoms with Crippen molar-refractivity contribution in [1.29, 1.82) is 0 Å². The quantitative estimate of drug-likeness (QED) is 0.115. The van der Waals surface area contributed by atoms with E-state index in [9.17, 15) is 9.59 Å². The second-order valence-electron chi connectivity index (χ2n) is 12.7. The summed E-state index contributed by atoms with van der Waals surface area (Å²) in [4.78, 5) is 39.1. The molecule has 0 saturated carbocycles. The summed E-state index contributed by atoms with van der Waals surface area (Å²) in [5.74, 6) is -0.146. The molecule has 0 aliphatic carbocycles. The van der Waals surface area contributed by atoms with E-state index in [-0.39, 0.29) is 24.5 Å². The average Bonchev–Trinajstić information content (AvgIpc) is 3.87. The largest absolute Gasteiger partial charge is 0.311 e. The molecule has 4 aromatic heterocycles. The van der Waals surface area contributed by atoms with E-state index in [0.29, 0.717) is 32.8 Å². The molecular weight excluding hydrogens is 794 g/mol. The molecule has 13 heteroatoms. The number of amides is 1. The Morgan fingerprint density at radius 1 is 0.579 bits per heavy atom. The van der Waals surface area contributed by atoms with Crippen LogP contribution >= 0.6 is 46.7 Å². The zero-order valence-corrected chi connectivity index (χ0v) is 33.1. The lowest BCUT2D eigenvalue weighted by atomic mass is 10.1. The minimum absolute atomic E-state index is 0.00739. The molecule has 0 saturated heterocycles. The summed E-state index contributed by atoms with van der Waals surface area (Å²) in [6, 6.07) is 42.0. The summed E-state index contributed by atoms with van der Waals surface area (Å²) in [5, 5.41) is 13.9. The van der Waals surface area contributed by atoms with Gasteiger partial charge in [0, 0.05) is 68.6 Å². The van der Waals surface area contributed by atoms with E-state index in [4.69, 9.17) is 33.4 Å². The van der Waals surface area contributed by atoms with Gasteiger partial charge in [-0.1, -0.05) is 83.1 Å². The number of para-hydroxylation sites is 2. The van der Waals surface area contributed by atoms with Gasteiger partial charge in [-0.25, -0.2) is 14.3 Å². The van der Waals surface area contributed by atoms with E-state index in [1.165, 1.54) is 6.20 Å². The normalized spacial score (nSPS) is 11.1. The number of carbonyl (C=O) groups excluding carboxylic acids is 2. The molecule has 57 heavy (non-hydrogen) atoms. The SMILES string of the molecule is O=C(CCC(=O)c1ccc(-c2nn(-c3ccccc3)cc2Sc2ccc(Cl)cc2)nc1)Nc1ccc(-c2nn(-c3ccccc3)cc2Sc2ccc(Cl)cc2)cn1. The number of aromatic nitrogens is 6. The van der Waals surface area contributed by atoms with Crippen LogP contribution in [0.2, 0.25) is 10.0 Å². The van der Waals surface area contributed by atoms with Crippen LogP contribution in [0.4, 0.5) is 5.82 Å². The van der Waals surface area contributed by atoms with Gasteiger partial charge in [-0.2, -0.15) is 10.2 Å². The Hall–Kier alpha value is -5.98. The highest BCUT2D eigenvalue weighted by Crippen LogP contribution is 2.38. The number of benzene rings is 4. The molecule has 0 atom stereocenters. The third kappa shape index (κ3) is 9.36. The van der Waals surface area contributed by atoms with Crippen LogP contribution in [-0.2, 0) is 4.79 Å². The van der Waals surface area contributed by atoms with Crippen molar-refractivity contribution in [2.24, 2.45) is 0 Å².